The Morgan fingerprint density at radius 3 is 2.39 bits per heavy atom. The number of hydrogen-bond acceptors (Lipinski definition) is 5. The lowest BCUT2D eigenvalue weighted by molar-refractivity contribution is -0.120. The van der Waals surface area contributed by atoms with Crippen molar-refractivity contribution in [3.63, 3.8) is 0 Å². The van der Waals surface area contributed by atoms with Crippen LogP contribution in [-0.2, 0) is 21.9 Å². The van der Waals surface area contributed by atoms with Gasteiger partial charge in [0.2, 0.25) is 15.9 Å². The average molecular weight is 426 g/mol. The third-order valence-corrected chi connectivity index (χ3v) is 6.87. The Morgan fingerprint density at radius 2 is 1.82 bits per heavy atom. The number of aromatic nitrogens is 2. The fourth-order valence-corrected chi connectivity index (χ4v) is 4.77. The summed E-state index contributed by atoms with van der Waals surface area (Å²) < 4.78 is 28.1. The second kappa shape index (κ2) is 7.90. The summed E-state index contributed by atoms with van der Waals surface area (Å²) in [5.41, 5.74) is 5.67. The van der Waals surface area contributed by atoms with Crippen molar-refractivity contribution in [3.05, 3.63) is 41.2 Å². The first-order chi connectivity index (χ1) is 13.2. The summed E-state index contributed by atoms with van der Waals surface area (Å²) in [6, 6.07) is 5.98. The lowest BCUT2D eigenvalue weighted by Gasteiger charge is -2.30. The topological polar surface area (TPSA) is 127 Å². The van der Waals surface area contributed by atoms with E-state index in [0.29, 0.717) is 17.9 Å². The van der Waals surface area contributed by atoms with E-state index in [2.05, 4.69) is 10.4 Å². The van der Waals surface area contributed by atoms with Crippen LogP contribution in [0.2, 0.25) is 5.02 Å². The highest BCUT2D eigenvalue weighted by molar-refractivity contribution is 7.89. The van der Waals surface area contributed by atoms with E-state index in [1.807, 2.05) is 0 Å². The molecule has 1 fully saturated rings. The Balaban J connectivity index is 1.64. The maximum absolute atomic E-state index is 12.7. The molecule has 0 radical (unpaired) electrons. The summed E-state index contributed by atoms with van der Waals surface area (Å²) in [5, 5.41) is 7.05. The molecule has 2 amide bonds. The van der Waals surface area contributed by atoms with Gasteiger partial charge in [-0.25, -0.2) is 8.42 Å². The third kappa shape index (κ3) is 4.03. The van der Waals surface area contributed by atoms with Crippen LogP contribution in [0.25, 0.3) is 0 Å². The molecule has 28 heavy (non-hydrogen) atoms. The van der Waals surface area contributed by atoms with Gasteiger partial charge in [0.1, 0.15) is 5.69 Å². The monoisotopic (exact) mass is 425 g/mol. The van der Waals surface area contributed by atoms with Crippen molar-refractivity contribution in [2.75, 3.05) is 18.4 Å². The quantitative estimate of drug-likeness (QED) is 0.744. The fraction of sp³-hybridized carbons (Fsp3) is 0.353. The SMILES string of the molecule is Cn1ncc(NC(=O)C2CCN(S(=O)(=O)c3ccc(Cl)cc3)CC2)c1C(N)=O. The van der Waals surface area contributed by atoms with Crippen molar-refractivity contribution in [3.8, 4) is 0 Å². The Hall–Kier alpha value is -2.43. The molecule has 0 spiro atoms. The van der Waals surface area contributed by atoms with Gasteiger partial charge in [0, 0.05) is 31.1 Å². The van der Waals surface area contributed by atoms with E-state index in [9.17, 15) is 18.0 Å². The largest absolute Gasteiger partial charge is 0.364 e. The van der Waals surface area contributed by atoms with Crippen LogP contribution in [0.4, 0.5) is 5.69 Å². The Labute approximate surface area is 167 Å². The van der Waals surface area contributed by atoms with Crippen molar-refractivity contribution in [1.29, 1.82) is 0 Å². The molecule has 3 rings (SSSR count). The number of aryl methyl sites for hydroxylation is 1. The molecule has 150 valence electrons. The molecule has 2 aromatic rings. The zero-order chi connectivity index (χ0) is 20.5. The average Bonchev–Trinajstić information content (AvgIpc) is 3.02. The number of carbonyl (C=O) groups excluding carboxylic acids is 2. The number of sulfonamides is 1. The van der Waals surface area contributed by atoms with E-state index < -0.39 is 15.9 Å². The minimum absolute atomic E-state index is 0.108. The first kappa shape index (κ1) is 20.3. The van der Waals surface area contributed by atoms with Gasteiger partial charge in [-0.05, 0) is 37.1 Å². The zero-order valence-electron chi connectivity index (χ0n) is 15.1. The molecule has 0 aliphatic carbocycles. The van der Waals surface area contributed by atoms with E-state index in [4.69, 9.17) is 17.3 Å². The Kier molecular flexibility index (Phi) is 5.73. The maximum Gasteiger partial charge on any atom is 0.269 e. The maximum atomic E-state index is 12.7. The zero-order valence-corrected chi connectivity index (χ0v) is 16.7. The van der Waals surface area contributed by atoms with Crippen LogP contribution in [0, 0.1) is 5.92 Å². The summed E-state index contributed by atoms with van der Waals surface area (Å²) in [4.78, 5) is 24.2. The first-order valence-corrected chi connectivity index (χ1v) is 10.4. The summed E-state index contributed by atoms with van der Waals surface area (Å²) in [6.45, 7) is 0.442. The Bertz CT molecular complexity index is 995. The molecule has 9 nitrogen and oxygen atoms in total. The normalized spacial score (nSPS) is 16.1. The molecule has 2 heterocycles. The molecule has 0 bridgehead atoms. The standard InChI is InChI=1S/C17H20ClN5O4S/c1-22-15(16(19)24)14(10-20-22)21-17(25)11-6-8-23(9-7-11)28(26,27)13-4-2-12(18)3-5-13/h2-5,10-11H,6-9H2,1H3,(H2,19,24)(H,21,25). The van der Waals surface area contributed by atoms with Gasteiger partial charge in [-0.2, -0.15) is 9.40 Å². The number of anilines is 1. The van der Waals surface area contributed by atoms with Crippen molar-refractivity contribution in [2.45, 2.75) is 17.7 Å². The number of piperidine rings is 1. The van der Waals surface area contributed by atoms with E-state index >= 15 is 0 Å². The van der Waals surface area contributed by atoms with Gasteiger partial charge < -0.3 is 11.1 Å². The van der Waals surface area contributed by atoms with Crippen LogP contribution in [-0.4, -0.2) is 47.4 Å². The minimum atomic E-state index is -3.63. The van der Waals surface area contributed by atoms with Gasteiger partial charge in [-0.15, -0.1) is 0 Å². The van der Waals surface area contributed by atoms with E-state index in [-0.39, 0.29) is 41.2 Å². The fourth-order valence-electron chi connectivity index (χ4n) is 3.17. The molecule has 0 atom stereocenters. The molecule has 1 aliphatic rings. The molecule has 1 saturated heterocycles. The van der Waals surface area contributed by atoms with Crippen molar-refractivity contribution >= 4 is 39.1 Å². The molecule has 0 saturated carbocycles. The molecular formula is C17H20ClN5O4S. The van der Waals surface area contributed by atoms with Crippen LogP contribution in [0.15, 0.2) is 35.4 Å². The molecule has 1 aliphatic heterocycles. The predicted octanol–water partition coefficient (Wildman–Crippen LogP) is 1.21. The molecular weight excluding hydrogens is 406 g/mol. The molecule has 0 unspecified atom stereocenters. The lowest BCUT2D eigenvalue weighted by atomic mass is 9.97. The van der Waals surface area contributed by atoms with Crippen LogP contribution < -0.4 is 11.1 Å². The number of nitrogens with one attached hydrogen (secondary N) is 1. The van der Waals surface area contributed by atoms with Crippen molar-refractivity contribution in [2.24, 2.45) is 18.7 Å². The summed E-state index contributed by atoms with van der Waals surface area (Å²) in [6.07, 6.45) is 2.09. The van der Waals surface area contributed by atoms with E-state index in [0.717, 1.165) is 0 Å². The summed E-state index contributed by atoms with van der Waals surface area (Å²) in [5.74, 6) is -1.36. The number of benzene rings is 1. The van der Waals surface area contributed by atoms with Crippen LogP contribution >= 0.6 is 11.6 Å². The smallest absolute Gasteiger partial charge is 0.269 e. The second-order valence-electron chi connectivity index (χ2n) is 6.52. The minimum Gasteiger partial charge on any atom is -0.364 e. The van der Waals surface area contributed by atoms with E-state index in [1.165, 1.54) is 39.4 Å². The number of primary amides is 1. The highest BCUT2D eigenvalue weighted by Crippen LogP contribution is 2.26. The first-order valence-electron chi connectivity index (χ1n) is 8.58. The lowest BCUT2D eigenvalue weighted by Crippen LogP contribution is -2.41. The van der Waals surface area contributed by atoms with E-state index in [1.54, 1.807) is 7.05 Å². The number of hydrogen-bond donors (Lipinski definition) is 2. The highest BCUT2D eigenvalue weighted by atomic mass is 35.5. The number of rotatable bonds is 5. The highest BCUT2D eigenvalue weighted by Gasteiger charge is 2.32. The van der Waals surface area contributed by atoms with Crippen molar-refractivity contribution in [1.82, 2.24) is 14.1 Å². The van der Waals surface area contributed by atoms with Crippen LogP contribution in [0.3, 0.4) is 0 Å². The van der Waals surface area contributed by atoms with Crippen LogP contribution in [0.1, 0.15) is 23.3 Å². The van der Waals surface area contributed by atoms with Crippen LogP contribution in [0.5, 0.6) is 0 Å². The van der Waals surface area contributed by atoms with Gasteiger partial charge in [0.25, 0.3) is 5.91 Å². The molecule has 1 aromatic heterocycles. The van der Waals surface area contributed by atoms with Crippen molar-refractivity contribution < 1.29 is 18.0 Å². The number of nitrogens with two attached hydrogens (primary N) is 1. The summed E-state index contributed by atoms with van der Waals surface area (Å²) >= 11 is 5.81. The number of halogens is 1. The molecule has 1 aromatic carbocycles. The van der Waals surface area contributed by atoms with Gasteiger partial charge in [-0.3, -0.25) is 14.3 Å². The third-order valence-electron chi connectivity index (χ3n) is 4.71. The van der Waals surface area contributed by atoms with Gasteiger partial charge in [0.05, 0.1) is 16.8 Å². The number of carbonyl (C=O) groups is 2. The number of nitrogens with zero attached hydrogens (tertiary/aromatic N) is 3. The Morgan fingerprint density at radius 1 is 1.21 bits per heavy atom. The van der Waals surface area contributed by atoms with Gasteiger partial charge >= 0.3 is 0 Å². The molecule has 3 N–H and O–H groups in total. The molecule has 11 heteroatoms. The predicted molar refractivity (Wildman–Crippen MR) is 103 cm³/mol. The second-order valence-corrected chi connectivity index (χ2v) is 8.89. The summed E-state index contributed by atoms with van der Waals surface area (Å²) in [7, 11) is -2.08. The van der Waals surface area contributed by atoms with Gasteiger partial charge in [0.15, 0.2) is 0 Å². The van der Waals surface area contributed by atoms with Gasteiger partial charge in [-0.1, -0.05) is 11.6 Å². The number of amides is 2.